The summed E-state index contributed by atoms with van der Waals surface area (Å²) in [5, 5.41) is 2.87. The molecule has 0 saturated carbocycles. The van der Waals surface area contributed by atoms with Gasteiger partial charge in [-0.25, -0.2) is 18.1 Å². The number of nitrogens with one attached hydrogen (secondary N) is 2. The van der Waals surface area contributed by atoms with Gasteiger partial charge < -0.3 is 10.2 Å². The minimum absolute atomic E-state index is 0.141. The molecule has 0 atom stereocenters. The number of nitrogens with zero attached hydrogens (tertiary/aromatic N) is 2. The highest BCUT2D eigenvalue weighted by atomic mass is 32.2. The van der Waals surface area contributed by atoms with Crippen molar-refractivity contribution in [3.05, 3.63) is 53.7 Å². The lowest BCUT2D eigenvalue weighted by atomic mass is 10.2. The lowest BCUT2D eigenvalue weighted by molar-refractivity contribution is 0.0951. The predicted octanol–water partition coefficient (Wildman–Crippen LogP) is 2.30. The minimum Gasteiger partial charge on any atom is -0.357 e. The molecule has 1 aromatic heterocycles. The summed E-state index contributed by atoms with van der Waals surface area (Å²) in [6.45, 7) is 5.94. The van der Waals surface area contributed by atoms with E-state index in [1.165, 1.54) is 37.1 Å². The number of aromatic nitrogens is 1. The van der Waals surface area contributed by atoms with Gasteiger partial charge in [0.1, 0.15) is 5.82 Å². The Kier molecular flexibility index (Phi) is 6.31. The van der Waals surface area contributed by atoms with Crippen LogP contribution in [-0.2, 0) is 16.6 Å². The highest BCUT2D eigenvalue weighted by Gasteiger charge is 2.16. The minimum atomic E-state index is -3.56. The quantitative estimate of drug-likeness (QED) is 0.742. The normalized spacial score (nSPS) is 14.5. The number of sulfonamides is 1. The highest BCUT2D eigenvalue weighted by molar-refractivity contribution is 7.89. The summed E-state index contributed by atoms with van der Waals surface area (Å²) in [7, 11) is -3.56. The maximum absolute atomic E-state index is 12.4. The van der Waals surface area contributed by atoms with Crippen molar-refractivity contribution in [1.82, 2.24) is 15.0 Å². The van der Waals surface area contributed by atoms with Gasteiger partial charge in [-0.3, -0.25) is 4.79 Å². The molecule has 1 amide bonds. The molecule has 1 fully saturated rings. The molecule has 0 aliphatic carbocycles. The number of pyridine rings is 1. The molecule has 2 N–H and O–H groups in total. The molecule has 28 heavy (non-hydrogen) atoms. The van der Waals surface area contributed by atoms with E-state index in [0.29, 0.717) is 12.1 Å². The van der Waals surface area contributed by atoms with Gasteiger partial charge in [-0.15, -0.1) is 0 Å². The Hall–Kier alpha value is -2.45. The van der Waals surface area contributed by atoms with E-state index < -0.39 is 10.0 Å². The zero-order valence-corrected chi connectivity index (χ0v) is 17.0. The van der Waals surface area contributed by atoms with E-state index in [4.69, 9.17) is 0 Å². The van der Waals surface area contributed by atoms with Crippen LogP contribution in [0.25, 0.3) is 0 Å². The third-order valence-corrected chi connectivity index (χ3v) is 6.19. The summed E-state index contributed by atoms with van der Waals surface area (Å²) in [4.78, 5) is 19.2. The van der Waals surface area contributed by atoms with Gasteiger partial charge in [-0.2, -0.15) is 0 Å². The van der Waals surface area contributed by atoms with Crippen molar-refractivity contribution in [2.24, 2.45) is 0 Å². The highest BCUT2D eigenvalue weighted by Crippen LogP contribution is 2.18. The van der Waals surface area contributed by atoms with Crippen LogP contribution in [0.3, 0.4) is 0 Å². The molecular weight excluding hydrogens is 376 g/mol. The molecule has 7 nitrogen and oxygen atoms in total. The molecule has 1 aromatic carbocycles. The summed E-state index contributed by atoms with van der Waals surface area (Å²) in [5.74, 6) is 0.691. The second-order valence-electron chi connectivity index (χ2n) is 7.20. The number of carbonyl (C=O) groups excluding carboxylic acids is 1. The zero-order chi connectivity index (χ0) is 20.1. The van der Waals surface area contributed by atoms with Crippen LogP contribution in [0.2, 0.25) is 0 Å². The van der Waals surface area contributed by atoms with E-state index in [2.05, 4.69) is 19.9 Å². The number of hydrogen-bond acceptors (Lipinski definition) is 5. The molecule has 0 radical (unpaired) electrons. The lowest BCUT2D eigenvalue weighted by Gasteiger charge is -2.17. The molecular formula is C20H26N4O3S. The van der Waals surface area contributed by atoms with Crippen molar-refractivity contribution in [2.45, 2.75) is 44.2 Å². The van der Waals surface area contributed by atoms with E-state index >= 15 is 0 Å². The van der Waals surface area contributed by atoms with Crippen LogP contribution in [0.15, 0.2) is 47.5 Å². The molecule has 1 aliphatic heterocycles. The summed E-state index contributed by atoms with van der Waals surface area (Å²) >= 11 is 0. The SMILES string of the molecule is CC(C)NS(=O)(=O)c1ccc(C(=O)NCc2ccnc(N3CCCC3)c2)cc1. The second kappa shape index (κ2) is 8.70. The number of amides is 1. The molecule has 150 valence electrons. The standard InChI is InChI=1S/C20H26N4O3S/c1-15(2)23-28(26,27)18-7-5-17(6-8-18)20(25)22-14-16-9-10-21-19(13-16)24-11-3-4-12-24/h5-10,13,15,23H,3-4,11-12,14H2,1-2H3,(H,22,25). The Labute approximate surface area is 166 Å². The molecule has 8 heteroatoms. The van der Waals surface area contributed by atoms with Gasteiger partial charge in [0, 0.05) is 37.4 Å². The molecule has 0 spiro atoms. The van der Waals surface area contributed by atoms with Crippen molar-refractivity contribution in [1.29, 1.82) is 0 Å². The number of hydrogen-bond donors (Lipinski definition) is 2. The molecule has 0 bridgehead atoms. The Morgan fingerprint density at radius 3 is 2.46 bits per heavy atom. The van der Waals surface area contributed by atoms with Gasteiger partial charge in [0.2, 0.25) is 10.0 Å². The van der Waals surface area contributed by atoms with E-state index in [9.17, 15) is 13.2 Å². The third kappa shape index (κ3) is 5.08. The average Bonchev–Trinajstić information content (AvgIpc) is 3.20. The summed E-state index contributed by atoms with van der Waals surface area (Å²) in [6, 6.07) is 9.61. The van der Waals surface area contributed by atoms with Crippen LogP contribution in [0.5, 0.6) is 0 Å². The van der Waals surface area contributed by atoms with Crippen molar-refractivity contribution < 1.29 is 13.2 Å². The van der Waals surface area contributed by atoms with Crippen LogP contribution in [0, 0.1) is 0 Å². The maximum atomic E-state index is 12.4. The van der Waals surface area contributed by atoms with Crippen molar-refractivity contribution in [2.75, 3.05) is 18.0 Å². The summed E-state index contributed by atoms with van der Waals surface area (Å²) in [5.41, 5.74) is 1.39. The first-order valence-corrected chi connectivity index (χ1v) is 10.9. The number of anilines is 1. The van der Waals surface area contributed by atoms with Gasteiger partial charge in [-0.1, -0.05) is 0 Å². The third-order valence-electron chi connectivity index (χ3n) is 4.51. The second-order valence-corrected chi connectivity index (χ2v) is 8.91. The van der Waals surface area contributed by atoms with Crippen LogP contribution in [0.1, 0.15) is 42.6 Å². The molecule has 2 aromatic rings. The van der Waals surface area contributed by atoms with E-state index in [0.717, 1.165) is 24.5 Å². The van der Waals surface area contributed by atoms with E-state index in [1.54, 1.807) is 20.0 Å². The Bertz CT molecular complexity index is 921. The summed E-state index contributed by atoms with van der Waals surface area (Å²) < 4.78 is 26.8. The Morgan fingerprint density at radius 1 is 1.14 bits per heavy atom. The maximum Gasteiger partial charge on any atom is 0.251 e. The van der Waals surface area contributed by atoms with Crippen LogP contribution in [0.4, 0.5) is 5.82 Å². The van der Waals surface area contributed by atoms with Crippen molar-refractivity contribution in [3.63, 3.8) is 0 Å². The zero-order valence-electron chi connectivity index (χ0n) is 16.2. The molecule has 2 heterocycles. The fourth-order valence-corrected chi connectivity index (χ4v) is 4.39. The smallest absolute Gasteiger partial charge is 0.251 e. The molecule has 0 unspecified atom stereocenters. The van der Waals surface area contributed by atoms with Gasteiger partial charge in [0.15, 0.2) is 0 Å². The number of rotatable bonds is 7. The first-order chi connectivity index (χ1) is 13.3. The van der Waals surface area contributed by atoms with Crippen LogP contribution < -0.4 is 14.9 Å². The molecule has 1 aliphatic rings. The largest absolute Gasteiger partial charge is 0.357 e. The Morgan fingerprint density at radius 2 is 1.82 bits per heavy atom. The number of carbonyl (C=O) groups is 1. The van der Waals surface area contributed by atoms with E-state index in [-0.39, 0.29) is 16.8 Å². The van der Waals surface area contributed by atoms with Gasteiger partial charge in [0.05, 0.1) is 4.90 Å². The average molecular weight is 403 g/mol. The van der Waals surface area contributed by atoms with Gasteiger partial charge in [0.25, 0.3) is 5.91 Å². The lowest BCUT2D eigenvalue weighted by Crippen LogP contribution is -2.30. The number of benzene rings is 1. The topological polar surface area (TPSA) is 91.4 Å². The van der Waals surface area contributed by atoms with Gasteiger partial charge in [-0.05, 0) is 68.7 Å². The van der Waals surface area contributed by atoms with Crippen LogP contribution in [-0.4, -0.2) is 38.4 Å². The van der Waals surface area contributed by atoms with Crippen molar-refractivity contribution >= 4 is 21.7 Å². The Balaban J connectivity index is 1.61. The van der Waals surface area contributed by atoms with Gasteiger partial charge >= 0.3 is 0 Å². The summed E-state index contributed by atoms with van der Waals surface area (Å²) in [6.07, 6.45) is 4.12. The predicted molar refractivity (Wildman–Crippen MR) is 109 cm³/mol. The first kappa shape index (κ1) is 20.3. The van der Waals surface area contributed by atoms with Crippen LogP contribution >= 0.6 is 0 Å². The monoisotopic (exact) mass is 402 g/mol. The fraction of sp³-hybridized carbons (Fsp3) is 0.400. The first-order valence-electron chi connectivity index (χ1n) is 9.45. The van der Waals surface area contributed by atoms with E-state index in [1.807, 2.05) is 12.1 Å². The fourth-order valence-electron chi connectivity index (χ4n) is 3.14. The molecule has 3 rings (SSSR count). The van der Waals surface area contributed by atoms with Crippen molar-refractivity contribution in [3.8, 4) is 0 Å². The molecule has 1 saturated heterocycles.